The van der Waals surface area contributed by atoms with Crippen molar-refractivity contribution in [2.45, 2.75) is 39.2 Å². The van der Waals surface area contributed by atoms with E-state index in [2.05, 4.69) is 19.9 Å². The molecule has 0 bridgehead atoms. The Balaban J connectivity index is 1.57. The summed E-state index contributed by atoms with van der Waals surface area (Å²) in [4.78, 5) is 24.8. The van der Waals surface area contributed by atoms with Crippen molar-refractivity contribution in [3.05, 3.63) is 45.5 Å². The highest BCUT2D eigenvalue weighted by Gasteiger charge is 2.33. The molecular weight excluding hydrogens is 380 g/mol. The average Bonchev–Trinajstić information content (AvgIpc) is 3.42. The topological polar surface area (TPSA) is 83.9 Å². The fraction of sp³-hybridized carbons (Fsp3) is 0.389. The SMILES string of the molecule is CCc1nnsc1C(=O)N1CCC[C@@H]1c1cccc(Nc2nc(C)cs2)n1. The van der Waals surface area contributed by atoms with Crippen LogP contribution in [0.2, 0.25) is 0 Å². The Bertz CT molecular complexity index is 953. The first-order valence-corrected chi connectivity index (χ1v) is 10.6. The number of nitrogens with zero attached hydrogens (tertiary/aromatic N) is 5. The summed E-state index contributed by atoms with van der Waals surface area (Å²) in [6, 6.07) is 5.85. The van der Waals surface area contributed by atoms with E-state index in [0.29, 0.717) is 11.3 Å². The predicted octanol–water partition coefficient (Wildman–Crippen LogP) is 3.98. The molecule has 7 nitrogen and oxygen atoms in total. The lowest BCUT2D eigenvalue weighted by atomic mass is 10.1. The van der Waals surface area contributed by atoms with Crippen molar-refractivity contribution in [2.75, 3.05) is 11.9 Å². The van der Waals surface area contributed by atoms with Crippen LogP contribution in [0.4, 0.5) is 10.9 Å². The van der Waals surface area contributed by atoms with Gasteiger partial charge in [-0.3, -0.25) is 4.79 Å². The largest absolute Gasteiger partial charge is 0.329 e. The lowest BCUT2D eigenvalue weighted by Crippen LogP contribution is -2.31. The molecule has 3 aromatic rings. The van der Waals surface area contributed by atoms with Crippen LogP contribution in [0.3, 0.4) is 0 Å². The summed E-state index contributed by atoms with van der Waals surface area (Å²) >= 11 is 2.73. The van der Waals surface area contributed by atoms with Gasteiger partial charge >= 0.3 is 0 Å². The molecule has 0 aromatic carbocycles. The van der Waals surface area contributed by atoms with Crippen LogP contribution in [0.15, 0.2) is 23.6 Å². The smallest absolute Gasteiger partial charge is 0.268 e. The maximum Gasteiger partial charge on any atom is 0.268 e. The summed E-state index contributed by atoms with van der Waals surface area (Å²) in [5, 5.41) is 10.1. The van der Waals surface area contributed by atoms with Gasteiger partial charge in [-0.15, -0.1) is 16.4 Å². The second kappa shape index (κ2) is 7.69. The molecule has 9 heteroatoms. The van der Waals surface area contributed by atoms with E-state index in [1.165, 1.54) is 11.5 Å². The van der Waals surface area contributed by atoms with Crippen LogP contribution >= 0.6 is 22.9 Å². The molecule has 0 unspecified atom stereocenters. The van der Waals surface area contributed by atoms with E-state index in [0.717, 1.165) is 47.4 Å². The van der Waals surface area contributed by atoms with Crippen molar-refractivity contribution in [3.63, 3.8) is 0 Å². The minimum absolute atomic E-state index is 0.0139. The maximum absolute atomic E-state index is 13.1. The maximum atomic E-state index is 13.1. The van der Waals surface area contributed by atoms with E-state index in [1.54, 1.807) is 11.3 Å². The Morgan fingerprint density at radius 1 is 1.37 bits per heavy atom. The van der Waals surface area contributed by atoms with Crippen LogP contribution in [0.25, 0.3) is 0 Å². The van der Waals surface area contributed by atoms with Crippen molar-refractivity contribution in [1.29, 1.82) is 0 Å². The second-order valence-electron chi connectivity index (χ2n) is 6.43. The van der Waals surface area contributed by atoms with E-state index >= 15 is 0 Å². The molecule has 1 aliphatic heterocycles. The normalized spacial score (nSPS) is 16.7. The van der Waals surface area contributed by atoms with Crippen LogP contribution < -0.4 is 5.32 Å². The van der Waals surface area contributed by atoms with Crippen molar-refractivity contribution in [1.82, 2.24) is 24.5 Å². The van der Waals surface area contributed by atoms with Gasteiger partial charge in [0.25, 0.3) is 5.91 Å². The van der Waals surface area contributed by atoms with Gasteiger partial charge in [-0.25, -0.2) is 9.97 Å². The van der Waals surface area contributed by atoms with Gasteiger partial charge < -0.3 is 10.2 Å². The van der Waals surface area contributed by atoms with E-state index in [4.69, 9.17) is 4.98 Å². The number of aromatic nitrogens is 4. The summed E-state index contributed by atoms with van der Waals surface area (Å²) in [6.45, 7) is 4.69. The summed E-state index contributed by atoms with van der Waals surface area (Å²) in [6.07, 6.45) is 2.59. The predicted molar refractivity (Wildman–Crippen MR) is 107 cm³/mol. The van der Waals surface area contributed by atoms with Crippen LogP contribution in [-0.2, 0) is 6.42 Å². The molecule has 1 aliphatic rings. The Kier molecular flexibility index (Phi) is 5.13. The number of anilines is 2. The lowest BCUT2D eigenvalue weighted by molar-refractivity contribution is 0.0736. The van der Waals surface area contributed by atoms with Crippen LogP contribution in [-0.4, -0.2) is 36.9 Å². The number of carbonyl (C=O) groups excluding carboxylic acids is 1. The molecule has 0 saturated carbocycles. The van der Waals surface area contributed by atoms with Gasteiger partial charge in [0, 0.05) is 11.9 Å². The van der Waals surface area contributed by atoms with E-state index in [-0.39, 0.29) is 11.9 Å². The van der Waals surface area contributed by atoms with Crippen molar-refractivity contribution in [3.8, 4) is 0 Å². The molecular formula is C18H20N6OS2. The minimum Gasteiger partial charge on any atom is -0.329 e. The monoisotopic (exact) mass is 400 g/mol. The highest BCUT2D eigenvalue weighted by Crippen LogP contribution is 2.34. The zero-order valence-corrected chi connectivity index (χ0v) is 16.8. The molecule has 27 heavy (non-hydrogen) atoms. The average molecular weight is 401 g/mol. The first-order chi connectivity index (χ1) is 13.2. The number of aryl methyl sites for hydroxylation is 2. The fourth-order valence-corrected chi connectivity index (χ4v) is 4.68. The molecule has 1 saturated heterocycles. The van der Waals surface area contributed by atoms with E-state index < -0.39 is 0 Å². The van der Waals surface area contributed by atoms with Crippen LogP contribution in [0, 0.1) is 6.92 Å². The zero-order valence-electron chi connectivity index (χ0n) is 15.2. The molecule has 1 N–H and O–H groups in total. The van der Waals surface area contributed by atoms with Gasteiger partial charge in [-0.05, 0) is 49.9 Å². The molecule has 4 heterocycles. The summed E-state index contributed by atoms with van der Waals surface area (Å²) in [5.41, 5.74) is 2.66. The first kappa shape index (κ1) is 18.0. The Hall–Kier alpha value is -2.39. The molecule has 0 aliphatic carbocycles. The molecule has 0 spiro atoms. The Morgan fingerprint density at radius 2 is 2.26 bits per heavy atom. The number of carbonyl (C=O) groups is 1. The number of hydrogen-bond donors (Lipinski definition) is 1. The number of amides is 1. The second-order valence-corrected chi connectivity index (χ2v) is 8.04. The number of hydrogen-bond acceptors (Lipinski definition) is 8. The van der Waals surface area contributed by atoms with Gasteiger partial charge in [0.2, 0.25) is 0 Å². The number of nitrogens with one attached hydrogen (secondary N) is 1. The van der Waals surface area contributed by atoms with Gasteiger partial charge in [0.15, 0.2) is 5.13 Å². The summed E-state index contributed by atoms with van der Waals surface area (Å²) in [5.74, 6) is 0.759. The van der Waals surface area contributed by atoms with E-state index in [1.807, 2.05) is 42.3 Å². The van der Waals surface area contributed by atoms with Gasteiger partial charge in [0.1, 0.15) is 10.7 Å². The van der Waals surface area contributed by atoms with E-state index in [9.17, 15) is 4.79 Å². The number of rotatable bonds is 5. The number of pyridine rings is 1. The fourth-order valence-electron chi connectivity index (χ4n) is 3.28. The molecule has 1 fully saturated rings. The third-order valence-electron chi connectivity index (χ3n) is 4.56. The molecule has 4 rings (SSSR count). The number of likely N-dealkylation sites (tertiary alicyclic amines) is 1. The zero-order chi connectivity index (χ0) is 18.8. The molecule has 1 atom stereocenters. The summed E-state index contributed by atoms with van der Waals surface area (Å²) < 4.78 is 3.96. The lowest BCUT2D eigenvalue weighted by Gasteiger charge is -2.24. The van der Waals surface area contributed by atoms with Gasteiger partial charge in [-0.2, -0.15) is 0 Å². The van der Waals surface area contributed by atoms with Gasteiger partial charge in [-0.1, -0.05) is 17.5 Å². The van der Waals surface area contributed by atoms with Crippen molar-refractivity contribution >= 4 is 39.7 Å². The molecule has 0 radical (unpaired) electrons. The molecule has 1 amide bonds. The molecule has 3 aromatic heterocycles. The third-order valence-corrected chi connectivity index (χ3v) is 6.20. The Labute approximate surface area is 165 Å². The van der Waals surface area contributed by atoms with Crippen molar-refractivity contribution < 1.29 is 4.79 Å². The third kappa shape index (κ3) is 3.70. The van der Waals surface area contributed by atoms with Crippen LogP contribution in [0.5, 0.6) is 0 Å². The summed E-state index contributed by atoms with van der Waals surface area (Å²) in [7, 11) is 0. The number of thiazole rings is 1. The van der Waals surface area contributed by atoms with Crippen LogP contribution in [0.1, 0.15) is 52.6 Å². The quantitative estimate of drug-likeness (QED) is 0.697. The Morgan fingerprint density at radius 3 is 3.04 bits per heavy atom. The highest BCUT2D eigenvalue weighted by molar-refractivity contribution is 7.13. The van der Waals surface area contributed by atoms with Gasteiger partial charge in [0.05, 0.1) is 23.1 Å². The molecule has 140 valence electrons. The minimum atomic E-state index is -0.0240. The standard InChI is InChI=1S/C18H20N6OS2/c1-3-12-16(27-23-22-12)17(25)24-9-5-7-14(24)13-6-4-8-15(20-13)21-18-19-11(2)10-26-18/h4,6,8,10,14H,3,5,7,9H2,1-2H3,(H,19,20,21)/t14-/m1/s1. The van der Waals surface area contributed by atoms with Crippen molar-refractivity contribution in [2.24, 2.45) is 0 Å². The highest BCUT2D eigenvalue weighted by atomic mass is 32.1. The first-order valence-electron chi connectivity index (χ1n) is 8.94.